The summed E-state index contributed by atoms with van der Waals surface area (Å²) in [5, 5.41) is 9.87. The van der Waals surface area contributed by atoms with Crippen molar-refractivity contribution in [3.05, 3.63) is 23.3 Å². The average molecular weight is 398 g/mol. The third-order valence-corrected chi connectivity index (χ3v) is 5.31. The van der Waals surface area contributed by atoms with Crippen molar-refractivity contribution in [2.45, 2.75) is 31.4 Å². The Morgan fingerprint density at radius 2 is 1.85 bits per heavy atom. The SMILES string of the molecule is CCN(CC)CCC(S)(C#N)C1=NCCc2cc(OC)c(OC)cc21.Cl. The van der Waals surface area contributed by atoms with Crippen LogP contribution in [0.3, 0.4) is 0 Å². The number of hydrogen-bond acceptors (Lipinski definition) is 6. The summed E-state index contributed by atoms with van der Waals surface area (Å²) in [5.74, 6) is 1.35. The number of nitriles is 1. The Kier molecular flexibility index (Phi) is 8.75. The molecule has 7 heteroatoms. The molecule has 1 aliphatic rings. The van der Waals surface area contributed by atoms with Gasteiger partial charge in [0.15, 0.2) is 11.5 Å². The number of rotatable bonds is 8. The quantitative estimate of drug-likeness (QED) is 0.683. The van der Waals surface area contributed by atoms with Gasteiger partial charge in [-0.05, 0) is 43.6 Å². The van der Waals surface area contributed by atoms with Crippen LogP contribution in [0, 0.1) is 11.3 Å². The summed E-state index contributed by atoms with van der Waals surface area (Å²) >= 11 is 4.76. The van der Waals surface area contributed by atoms with Crippen molar-refractivity contribution in [2.75, 3.05) is 40.4 Å². The van der Waals surface area contributed by atoms with E-state index < -0.39 is 4.75 Å². The van der Waals surface area contributed by atoms with Gasteiger partial charge in [-0.15, -0.1) is 12.4 Å². The molecule has 0 aromatic heterocycles. The second-order valence-electron chi connectivity index (χ2n) is 6.09. The van der Waals surface area contributed by atoms with Crippen molar-refractivity contribution in [3.8, 4) is 17.6 Å². The van der Waals surface area contributed by atoms with Crippen LogP contribution in [0.1, 0.15) is 31.4 Å². The molecule has 1 unspecified atom stereocenters. The van der Waals surface area contributed by atoms with Gasteiger partial charge in [-0.1, -0.05) is 13.8 Å². The molecule has 0 spiro atoms. The molecule has 0 fully saturated rings. The molecule has 1 aromatic rings. The monoisotopic (exact) mass is 397 g/mol. The lowest BCUT2D eigenvalue weighted by Gasteiger charge is -2.30. The highest BCUT2D eigenvalue weighted by atomic mass is 35.5. The van der Waals surface area contributed by atoms with E-state index in [4.69, 9.17) is 22.1 Å². The van der Waals surface area contributed by atoms with Gasteiger partial charge < -0.3 is 14.4 Å². The zero-order chi connectivity index (χ0) is 18.4. The summed E-state index contributed by atoms with van der Waals surface area (Å²) in [5.41, 5.74) is 2.81. The molecule has 26 heavy (non-hydrogen) atoms. The molecule has 1 aromatic carbocycles. The van der Waals surface area contributed by atoms with Gasteiger partial charge in [0.25, 0.3) is 0 Å². The van der Waals surface area contributed by atoms with Crippen molar-refractivity contribution in [2.24, 2.45) is 4.99 Å². The fourth-order valence-corrected chi connectivity index (χ4v) is 3.45. The highest BCUT2D eigenvalue weighted by Gasteiger charge is 2.36. The second-order valence-corrected chi connectivity index (χ2v) is 6.86. The first-order chi connectivity index (χ1) is 12.0. The van der Waals surface area contributed by atoms with Crippen molar-refractivity contribution in [3.63, 3.8) is 0 Å². The first kappa shape index (κ1) is 22.6. The lowest BCUT2D eigenvalue weighted by atomic mass is 9.87. The van der Waals surface area contributed by atoms with Crippen LogP contribution in [0.5, 0.6) is 11.5 Å². The van der Waals surface area contributed by atoms with Crippen LogP contribution in [-0.2, 0) is 6.42 Å². The summed E-state index contributed by atoms with van der Waals surface area (Å²) in [6, 6.07) is 6.30. The molecular weight excluding hydrogens is 370 g/mol. The number of thiol groups is 1. The first-order valence-electron chi connectivity index (χ1n) is 8.69. The molecule has 0 saturated carbocycles. The van der Waals surface area contributed by atoms with E-state index in [1.807, 2.05) is 12.1 Å². The van der Waals surface area contributed by atoms with Gasteiger partial charge in [0, 0.05) is 18.7 Å². The first-order valence-corrected chi connectivity index (χ1v) is 9.13. The molecule has 1 heterocycles. The van der Waals surface area contributed by atoms with E-state index in [2.05, 4.69) is 29.8 Å². The molecule has 1 aliphatic heterocycles. The number of benzene rings is 1. The van der Waals surface area contributed by atoms with E-state index >= 15 is 0 Å². The molecule has 0 N–H and O–H groups in total. The number of halogens is 1. The predicted molar refractivity (Wildman–Crippen MR) is 112 cm³/mol. The minimum absolute atomic E-state index is 0. The molecule has 1 atom stereocenters. The number of nitrogens with zero attached hydrogens (tertiary/aromatic N) is 3. The molecule has 0 radical (unpaired) electrons. The van der Waals surface area contributed by atoms with Crippen molar-refractivity contribution in [1.29, 1.82) is 5.26 Å². The van der Waals surface area contributed by atoms with Gasteiger partial charge >= 0.3 is 0 Å². The molecule has 144 valence electrons. The molecular formula is C19H28ClN3O2S. The predicted octanol–water partition coefficient (Wildman–Crippen LogP) is 3.39. The summed E-state index contributed by atoms with van der Waals surface area (Å²) in [6.45, 7) is 7.64. The highest BCUT2D eigenvalue weighted by Crippen LogP contribution is 2.36. The maximum absolute atomic E-state index is 9.87. The van der Waals surface area contributed by atoms with Gasteiger partial charge in [0.2, 0.25) is 0 Å². The van der Waals surface area contributed by atoms with Crippen LogP contribution in [0.2, 0.25) is 0 Å². The largest absolute Gasteiger partial charge is 0.493 e. The summed E-state index contributed by atoms with van der Waals surface area (Å²) in [6.07, 6.45) is 1.45. The molecule has 0 aliphatic carbocycles. The Labute approximate surface area is 168 Å². The minimum Gasteiger partial charge on any atom is -0.493 e. The van der Waals surface area contributed by atoms with E-state index in [0.717, 1.165) is 42.9 Å². The van der Waals surface area contributed by atoms with E-state index in [9.17, 15) is 5.26 Å². The summed E-state index contributed by atoms with van der Waals surface area (Å²) < 4.78 is 9.92. The van der Waals surface area contributed by atoms with Crippen LogP contribution < -0.4 is 9.47 Å². The summed E-state index contributed by atoms with van der Waals surface area (Å²) in [4.78, 5) is 6.97. The molecule has 2 rings (SSSR count). The van der Waals surface area contributed by atoms with Crippen LogP contribution in [0.15, 0.2) is 17.1 Å². The smallest absolute Gasteiger partial charge is 0.161 e. The molecule has 0 saturated heterocycles. The Bertz CT molecular complexity index is 686. The highest BCUT2D eigenvalue weighted by molar-refractivity contribution is 7.83. The van der Waals surface area contributed by atoms with Crippen LogP contribution in [0.4, 0.5) is 0 Å². The second kappa shape index (κ2) is 10.1. The number of ether oxygens (including phenoxy) is 2. The Morgan fingerprint density at radius 1 is 1.23 bits per heavy atom. The number of aliphatic imine (C=N–C) groups is 1. The maximum atomic E-state index is 9.87. The molecule has 5 nitrogen and oxygen atoms in total. The van der Waals surface area contributed by atoms with Crippen LogP contribution >= 0.6 is 25.0 Å². The minimum atomic E-state index is -0.919. The fraction of sp³-hybridized carbons (Fsp3) is 0.579. The number of fused-ring (bicyclic) bond motifs is 1. The number of methoxy groups -OCH3 is 2. The van der Waals surface area contributed by atoms with Crippen molar-refractivity contribution >= 4 is 30.7 Å². The molecule has 0 bridgehead atoms. The van der Waals surface area contributed by atoms with Gasteiger partial charge in [-0.3, -0.25) is 4.99 Å². The average Bonchev–Trinajstić information content (AvgIpc) is 2.66. The zero-order valence-electron chi connectivity index (χ0n) is 15.9. The van der Waals surface area contributed by atoms with Crippen LogP contribution in [-0.4, -0.2) is 55.8 Å². The Hall–Kier alpha value is -1.42. The third kappa shape index (κ3) is 4.64. The van der Waals surface area contributed by atoms with Gasteiger partial charge in [0.05, 0.1) is 26.0 Å². The topological polar surface area (TPSA) is 57.9 Å². The Morgan fingerprint density at radius 3 is 2.38 bits per heavy atom. The maximum Gasteiger partial charge on any atom is 0.161 e. The van der Waals surface area contributed by atoms with Gasteiger partial charge in [-0.2, -0.15) is 17.9 Å². The third-order valence-electron chi connectivity index (χ3n) is 4.78. The van der Waals surface area contributed by atoms with E-state index in [1.54, 1.807) is 14.2 Å². The standard InChI is InChI=1S/C19H27N3O2S.ClH/c1-5-22(6-2)10-8-19(25,13-20)18-15-12-17(24-4)16(23-3)11-14(15)7-9-21-18;/h11-12,25H,5-10H2,1-4H3;1H. The van der Waals surface area contributed by atoms with Crippen LogP contribution in [0.25, 0.3) is 0 Å². The normalized spacial score (nSPS) is 15.2. The Balaban J connectivity index is 0.00000338. The van der Waals surface area contributed by atoms with E-state index in [1.165, 1.54) is 0 Å². The fourth-order valence-electron chi connectivity index (χ4n) is 3.16. The van der Waals surface area contributed by atoms with E-state index in [0.29, 0.717) is 24.5 Å². The van der Waals surface area contributed by atoms with Crippen molar-refractivity contribution < 1.29 is 9.47 Å². The van der Waals surface area contributed by atoms with E-state index in [-0.39, 0.29) is 12.4 Å². The molecule has 0 amide bonds. The lowest BCUT2D eigenvalue weighted by molar-refractivity contribution is 0.299. The van der Waals surface area contributed by atoms with Gasteiger partial charge in [0.1, 0.15) is 4.75 Å². The number of hydrogen-bond donors (Lipinski definition) is 1. The van der Waals surface area contributed by atoms with Gasteiger partial charge in [-0.25, -0.2) is 0 Å². The van der Waals surface area contributed by atoms with Crippen molar-refractivity contribution in [1.82, 2.24) is 4.90 Å². The summed E-state index contributed by atoms with van der Waals surface area (Å²) in [7, 11) is 3.24. The lowest BCUT2D eigenvalue weighted by Crippen LogP contribution is -2.39. The zero-order valence-corrected chi connectivity index (χ0v) is 17.6.